The van der Waals surface area contributed by atoms with Crippen LogP contribution in [-0.4, -0.2) is 25.4 Å². The van der Waals surface area contributed by atoms with Gasteiger partial charge in [0.2, 0.25) is 5.91 Å². The lowest BCUT2D eigenvalue weighted by atomic mass is 10.1. The smallest absolute Gasteiger partial charge is 0.326 e. The molecule has 29 heavy (non-hydrogen) atoms. The van der Waals surface area contributed by atoms with Crippen molar-refractivity contribution in [3.05, 3.63) is 51.2 Å². The van der Waals surface area contributed by atoms with Crippen LogP contribution in [0.2, 0.25) is 0 Å². The van der Waals surface area contributed by atoms with Crippen LogP contribution in [0.5, 0.6) is 0 Å². The van der Waals surface area contributed by atoms with E-state index >= 15 is 0 Å². The number of nitrogens with zero attached hydrogens (tertiary/aromatic N) is 3. The molecule has 0 unspecified atom stereocenters. The van der Waals surface area contributed by atoms with Gasteiger partial charge in [-0.1, -0.05) is 32.3 Å². The minimum atomic E-state index is -0.566. The van der Waals surface area contributed by atoms with Crippen LogP contribution in [0, 0.1) is 6.92 Å². The summed E-state index contributed by atoms with van der Waals surface area (Å²) in [5, 5.41) is 2.92. The number of fused-ring (bicyclic) bond motifs is 2. The van der Waals surface area contributed by atoms with Gasteiger partial charge in [0, 0.05) is 18.7 Å². The minimum Gasteiger partial charge on any atom is -0.326 e. The van der Waals surface area contributed by atoms with Crippen molar-refractivity contribution in [2.24, 2.45) is 0 Å². The highest BCUT2D eigenvalue weighted by atomic mass is 16.2. The summed E-state index contributed by atoms with van der Waals surface area (Å²) in [6.45, 7) is 7.64. The zero-order valence-corrected chi connectivity index (χ0v) is 16.7. The van der Waals surface area contributed by atoms with Crippen LogP contribution in [0.4, 0.5) is 5.69 Å². The average Bonchev–Trinajstić information content (AvgIpc) is 2.68. The zero-order valence-electron chi connectivity index (χ0n) is 16.7. The number of aromatic amines is 1. The van der Waals surface area contributed by atoms with Crippen LogP contribution in [0.1, 0.15) is 44.6 Å². The fraction of sp³-hybridized carbons (Fsp3) is 0.381. The summed E-state index contributed by atoms with van der Waals surface area (Å²) in [5.74, 6) is -0.0435. The van der Waals surface area contributed by atoms with E-state index in [1.54, 1.807) is 12.1 Å². The monoisotopic (exact) mass is 395 g/mol. The lowest BCUT2D eigenvalue weighted by Gasteiger charge is -2.10. The second-order valence-corrected chi connectivity index (χ2v) is 7.07. The fourth-order valence-electron chi connectivity index (χ4n) is 3.19. The molecule has 0 saturated carbocycles. The molecule has 0 saturated heterocycles. The second-order valence-electron chi connectivity index (χ2n) is 7.07. The van der Waals surface area contributed by atoms with Crippen molar-refractivity contribution in [2.45, 2.75) is 52.5 Å². The van der Waals surface area contributed by atoms with Crippen molar-refractivity contribution >= 4 is 33.8 Å². The number of carbonyl (C=O) groups is 1. The van der Waals surface area contributed by atoms with Crippen molar-refractivity contribution in [2.75, 3.05) is 5.32 Å². The van der Waals surface area contributed by atoms with E-state index in [-0.39, 0.29) is 23.6 Å². The van der Waals surface area contributed by atoms with E-state index in [0.717, 1.165) is 35.8 Å². The van der Waals surface area contributed by atoms with E-state index in [1.165, 1.54) is 6.08 Å². The maximum Gasteiger partial charge on any atom is 0.330 e. The Kier molecular flexibility index (Phi) is 6.21. The topological polar surface area (TPSA) is 110 Å². The van der Waals surface area contributed by atoms with Crippen molar-refractivity contribution in [1.29, 1.82) is 0 Å². The van der Waals surface area contributed by atoms with Crippen molar-refractivity contribution in [3.8, 4) is 0 Å². The van der Waals surface area contributed by atoms with Crippen LogP contribution in [0.15, 0.2) is 34.4 Å². The molecule has 3 rings (SSSR count). The number of allylic oxidation sites excluding steroid dienone is 1. The molecule has 2 N–H and O–H groups in total. The van der Waals surface area contributed by atoms with Gasteiger partial charge < -0.3 is 5.32 Å². The summed E-state index contributed by atoms with van der Waals surface area (Å²) in [5.41, 5.74) is 1.60. The summed E-state index contributed by atoms with van der Waals surface area (Å²) < 4.78 is 1.02. The lowest BCUT2D eigenvalue weighted by Crippen LogP contribution is -2.35. The Morgan fingerprint density at radius 3 is 2.69 bits per heavy atom. The summed E-state index contributed by atoms with van der Waals surface area (Å²) in [6.07, 6.45) is 6.08. The molecule has 2 aromatic heterocycles. The Morgan fingerprint density at radius 2 is 1.97 bits per heavy atom. The Hall–Kier alpha value is -3.29. The summed E-state index contributed by atoms with van der Waals surface area (Å²) >= 11 is 0. The molecule has 0 aliphatic carbocycles. The normalized spacial score (nSPS) is 11.1. The summed E-state index contributed by atoms with van der Waals surface area (Å²) in [6, 6.07) is 3.49. The van der Waals surface area contributed by atoms with Gasteiger partial charge in [-0.05, 0) is 31.0 Å². The first-order valence-corrected chi connectivity index (χ1v) is 9.80. The molecule has 0 fully saturated rings. The van der Waals surface area contributed by atoms with E-state index in [4.69, 9.17) is 0 Å². The van der Waals surface area contributed by atoms with E-state index < -0.39 is 11.2 Å². The Balaban J connectivity index is 1.97. The quantitative estimate of drug-likeness (QED) is 0.346. The van der Waals surface area contributed by atoms with Gasteiger partial charge in [0.1, 0.15) is 0 Å². The third-order valence-corrected chi connectivity index (χ3v) is 4.77. The third kappa shape index (κ3) is 4.42. The number of hydrogen-bond donors (Lipinski definition) is 2. The highest BCUT2D eigenvalue weighted by molar-refractivity contribution is 5.95. The van der Waals surface area contributed by atoms with E-state index in [9.17, 15) is 14.4 Å². The number of rotatable bonds is 8. The van der Waals surface area contributed by atoms with Crippen LogP contribution >= 0.6 is 0 Å². The lowest BCUT2D eigenvalue weighted by molar-refractivity contribution is -0.116. The number of benzene rings is 1. The van der Waals surface area contributed by atoms with Gasteiger partial charge in [-0.25, -0.2) is 14.8 Å². The Bertz CT molecular complexity index is 1190. The highest BCUT2D eigenvalue weighted by Crippen LogP contribution is 2.22. The van der Waals surface area contributed by atoms with Gasteiger partial charge in [-0.2, -0.15) is 0 Å². The van der Waals surface area contributed by atoms with Gasteiger partial charge >= 0.3 is 5.69 Å². The second kappa shape index (κ2) is 8.81. The number of anilines is 1. The number of unbranched alkanes of at least 4 members (excludes halogenated alkanes) is 3. The Labute approximate surface area is 167 Å². The zero-order chi connectivity index (χ0) is 21.0. The maximum atomic E-state index is 12.6. The first-order valence-electron chi connectivity index (χ1n) is 9.80. The SMILES string of the molecule is C=CCn1c(=O)[nH]c2nc3cc(NC(=O)CCCCCC)c(C)cc3nc2c1=O. The van der Waals surface area contributed by atoms with E-state index in [1.807, 2.05) is 6.92 Å². The predicted molar refractivity (Wildman–Crippen MR) is 114 cm³/mol. The molecule has 1 aromatic carbocycles. The molecule has 3 aromatic rings. The molecule has 8 nitrogen and oxygen atoms in total. The molecule has 0 aliphatic heterocycles. The molecule has 0 radical (unpaired) electrons. The van der Waals surface area contributed by atoms with Gasteiger partial charge in [0.25, 0.3) is 5.56 Å². The number of carbonyl (C=O) groups excluding carboxylic acids is 1. The number of aromatic nitrogens is 4. The van der Waals surface area contributed by atoms with Crippen LogP contribution in [-0.2, 0) is 11.3 Å². The third-order valence-electron chi connectivity index (χ3n) is 4.77. The average molecular weight is 395 g/mol. The van der Waals surface area contributed by atoms with Crippen molar-refractivity contribution < 1.29 is 4.79 Å². The summed E-state index contributed by atoms with van der Waals surface area (Å²) in [7, 11) is 0. The van der Waals surface area contributed by atoms with Crippen LogP contribution in [0.25, 0.3) is 22.2 Å². The molecule has 1 amide bonds. The fourth-order valence-corrected chi connectivity index (χ4v) is 3.19. The molecule has 0 atom stereocenters. The summed E-state index contributed by atoms with van der Waals surface area (Å²) in [4.78, 5) is 48.3. The molecule has 152 valence electrons. The molecular weight excluding hydrogens is 370 g/mol. The number of aryl methyl sites for hydroxylation is 1. The van der Waals surface area contributed by atoms with E-state index in [2.05, 4.69) is 33.8 Å². The molecule has 0 bridgehead atoms. The molecule has 8 heteroatoms. The van der Waals surface area contributed by atoms with Crippen LogP contribution in [0.3, 0.4) is 0 Å². The van der Waals surface area contributed by atoms with Gasteiger partial charge in [-0.3, -0.25) is 19.1 Å². The molecule has 0 spiro atoms. The molecule has 2 heterocycles. The van der Waals surface area contributed by atoms with Gasteiger partial charge in [0.15, 0.2) is 11.2 Å². The molecule has 0 aliphatic rings. The number of hydrogen-bond acceptors (Lipinski definition) is 5. The number of amides is 1. The largest absolute Gasteiger partial charge is 0.330 e. The van der Waals surface area contributed by atoms with Gasteiger partial charge in [0.05, 0.1) is 11.0 Å². The first-order chi connectivity index (χ1) is 13.9. The first kappa shape index (κ1) is 20.4. The number of nitrogens with one attached hydrogen (secondary N) is 2. The number of H-pyrrole nitrogens is 1. The predicted octanol–water partition coefficient (Wildman–Crippen LogP) is 3.04. The highest BCUT2D eigenvalue weighted by Gasteiger charge is 2.13. The Morgan fingerprint density at radius 1 is 1.21 bits per heavy atom. The van der Waals surface area contributed by atoms with Crippen molar-refractivity contribution in [3.63, 3.8) is 0 Å². The van der Waals surface area contributed by atoms with E-state index in [0.29, 0.717) is 23.1 Å². The van der Waals surface area contributed by atoms with Crippen molar-refractivity contribution in [1.82, 2.24) is 19.5 Å². The maximum absolute atomic E-state index is 12.6. The van der Waals surface area contributed by atoms with Gasteiger partial charge in [-0.15, -0.1) is 6.58 Å². The van der Waals surface area contributed by atoms with Crippen LogP contribution < -0.4 is 16.6 Å². The standard InChI is InChI=1S/C21H25N5O3/c1-4-6-7-8-9-17(27)22-14-12-16-15(11-13(14)3)23-18-19(24-16)25-21(29)26(10-5-2)20(18)28/h5,11-12H,2,4,6-10H2,1,3H3,(H,22,27)(H,24,25,29). The minimum absolute atomic E-state index is 0.0435. The molecular formula is C21H25N5O3.